The summed E-state index contributed by atoms with van der Waals surface area (Å²) in [5.74, 6) is 0.822. The number of ether oxygens (including phenoxy) is 1. The highest BCUT2D eigenvalue weighted by atomic mass is 35.5. The van der Waals surface area contributed by atoms with Crippen molar-refractivity contribution in [1.29, 1.82) is 0 Å². The molecule has 0 aromatic carbocycles. The molecule has 142 valence electrons. The van der Waals surface area contributed by atoms with Gasteiger partial charge in [-0.25, -0.2) is 4.99 Å². The van der Waals surface area contributed by atoms with Gasteiger partial charge in [0.25, 0.3) is 0 Å². The van der Waals surface area contributed by atoms with Crippen LogP contribution in [0.3, 0.4) is 0 Å². The molecule has 1 fully saturated rings. The maximum Gasteiger partial charge on any atom is 0.191 e. The van der Waals surface area contributed by atoms with Gasteiger partial charge < -0.3 is 19.9 Å². The fourth-order valence-corrected chi connectivity index (χ4v) is 3.15. The Kier molecular flexibility index (Phi) is 8.89. The Hall–Kier alpha value is -0.950. The average molecular weight is 390 g/mol. The molecule has 0 saturated carbocycles. The van der Waals surface area contributed by atoms with Crippen LogP contribution in [0, 0.1) is 0 Å². The van der Waals surface area contributed by atoms with E-state index in [1.54, 1.807) is 0 Å². The summed E-state index contributed by atoms with van der Waals surface area (Å²) in [7, 11) is 1.89. The maximum atomic E-state index is 6.10. The van der Waals surface area contributed by atoms with Crippen LogP contribution in [0.5, 0.6) is 0 Å². The number of aromatic nitrogens is 1. The minimum Gasteiger partial charge on any atom is -0.379 e. The fourth-order valence-electron chi connectivity index (χ4n) is 2.73. The zero-order chi connectivity index (χ0) is 18.1. The second-order valence-corrected chi connectivity index (χ2v) is 6.88. The summed E-state index contributed by atoms with van der Waals surface area (Å²) in [6.45, 7) is 9.31. The highest BCUT2D eigenvalue weighted by Gasteiger charge is 2.10. The molecule has 0 unspecified atom stereocenters. The van der Waals surface area contributed by atoms with E-state index in [2.05, 4.69) is 27.4 Å². The topological polar surface area (TPSA) is 53.8 Å². The second kappa shape index (κ2) is 10.9. The van der Waals surface area contributed by atoms with Gasteiger partial charge >= 0.3 is 0 Å². The zero-order valence-electron chi connectivity index (χ0n) is 15.2. The average Bonchev–Trinajstić information content (AvgIpc) is 2.87. The molecular formula is C17H29Cl2N5O. The summed E-state index contributed by atoms with van der Waals surface area (Å²) in [6, 6.07) is 1.86. The summed E-state index contributed by atoms with van der Waals surface area (Å²) in [4.78, 5) is 7.08. The molecule has 0 atom stereocenters. The first-order chi connectivity index (χ1) is 12.1. The highest BCUT2D eigenvalue weighted by molar-refractivity contribution is 6.41. The summed E-state index contributed by atoms with van der Waals surface area (Å²) in [5, 5.41) is 7.77. The lowest BCUT2D eigenvalue weighted by atomic mass is 10.3. The van der Waals surface area contributed by atoms with Crippen LogP contribution in [0.1, 0.15) is 25.5 Å². The van der Waals surface area contributed by atoms with E-state index in [1.807, 2.05) is 17.7 Å². The molecular weight excluding hydrogens is 361 g/mol. The number of nitrogens with zero attached hydrogens (tertiary/aromatic N) is 3. The van der Waals surface area contributed by atoms with Crippen molar-refractivity contribution in [3.05, 3.63) is 21.9 Å². The number of morpholine rings is 1. The summed E-state index contributed by atoms with van der Waals surface area (Å²) in [6.07, 6.45) is 2.29. The van der Waals surface area contributed by atoms with Gasteiger partial charge in [-0.05, 0) is 32.4 Å². The molecule has 6 nitrogen and oxygen atoms in total. The Morgan fingerprint density at radius 3 is 2.64 bits per heavy atom. The minimum atomic E-state index is 0.534. The molecule has 0 spiro atoms. The molecule has 8 heteroatoms. The number of unbranched alkanes of at least 4 members (excludes halogenated alkanes) is 1. The Balaban J connectivity index is 1.72. The number of aliphatic imine (C=N–C) groups is 1. The fraction of sp³-hybridized carbons (Fsp3) is 0.706. The number of nitrogens with one attached hydrogen (secondary N) is 2. The normalized spacial score (nSPS) is 16.2. The number of rotatable bonds is 8. The van der Waals surface area contributed by atoms with Gasteiger partial charge in [0, 0.05) is 38.9 Å². The van der Waals surface area contributed by atoms with E-state index in [0.29, 0.717) is 16.7 Å². The Morgan fingerprint density at radius 2 is 2.00 bits per heavy atom. The van der Waals surface area contributed by atoms with Crippen molar-refractivity contribution in [3.8, 4) is 0 Å². The minimum absolute atomic E-state index is 0.534. The van der Waals surface area contributed by atoms with Gasteiger partial charge in [-0.15, -0.1) is 0 Å². The molecule has 1 saturated heterocycles. The van der Waals surface area contributed by atoms with Gasteiger partial charge in [0.1, 0.15) is 5.15 Å². The lowest BCUT2D eigenvalue weighted by molar-refractivity contribution is 0.0372. The van der Waals surface area contributed by atoms with Crippen LogP contribution in [0.25, 0.3) is 0 Å². The predicted molar refractivity (Wildman–Crippen MR) is 105 cm³/mol. The lowest BCUT2D eigenvalue weighted by Crippen LogP contribution is -2.39. The van der Waals surface area contributed by atoms with E-state index >= 15 is 0 Å². The first-order valence-electron chi connectivity index (χ1n) is 8.93. The zero-order valence-corrected chi connectivity index (χ0v) is 16.7. The molecule has 2 heterocycles. The van der Waals surface area contributed by atoms with Crippen molar-refractivity contribution in [2.45, 2.75) is 26.3 Å². The van der Waals surface area contributed by atoms with E-state index in [1.165, 1.54) is 6.42 Å². The number of hydrogen-bond acceptors (Lipinski definition) is 3. The van der Waals surface area contributed by atoms with Gasteiger partial charge in [0.2, 0.25) is 0 Å². The molecule has 0 amide bonds. The van der Waals surface area contributed by atoms with E-state index in [9.17, 15) is 0 Å². The van der Waals surface area contributed by atoms with E-state index < -0.39 is 0 Å². The van der Waals surface area contributed by atoms with Crippen LogP contribution in [-0.2, 0) is 18.3 Å². The van der Waals surface area contributed by atoms with Crippen LogP contribution < -0.4 is 10.6 Å². The Morgan fingerprint density at radius 1 is 1.24 bits per heavy atom. The smallest absolute Gasteiger partial charge is 0.191 e. The van der Waals surface area contributed by atoms with Crippen LogP contribution in [0.2, 0.25) is 10.2 Å². The van der Waals surface area contributed by atoms with Crippen molar-refractivity contribution in [2.75, 3.05) is 45.9 Å². The second-order valence-electron chi connectivity index (χ2n) is 6.12. The summed E-state index contributed by atoms with van der Waals surface area (Å²) in [5.41, 5.74) is 0.986. The van der Waals surface area contributed by atoms with Crippen molar-refractivity contribution in [2.24, 2.45) is 12.0 Å². The molecule has 1 aromatic heterocycles. The third-order valence-corrected chi connectivity index (χ3v) is 5.10. The van der Waals surface area contributed by atoms with Crippen molar-refractivity contribution in [1.82, 2.24) is 20.1 Å². The molecule has 0 radical (unpaired) electrons. The van der Waals surface area contributed by atoms with Gasteiger partial charge in [-0.3, -0.25) is 4.90 Å². The van der Waals surface area contributed by atoms with Crippen LogP contribution >= 0.6 is 23.2 Å². The van der Waals surface area contributed by atoms with Crippen molar-refractivity contribution >= 4 is 29.2 Å². The molecule has 0 bridgehead atoms. The van der Waals surface area contributed by atoms with Crippen LogP contribution in [0.15, 0.2) is 11.1 Å². The van der Waals surface area contributed by atoms with Crippen molar-refractivity contribution in [3.63, 3.8) is 0 Å². The van der Waals surface area contributed by atoms with E-state index in [-0.39, 0.29) is 0 Å². The third kappa shape index (κ3) is 6.70. The molecule has 1 aliphatic heterocycles. The van der Waals surface area contributed by atoms with Crippen LogP contribution in [0.4, 0.5) is 0 Å². The number of hydrogen-bond donors (Lipinski definition) is 2. The summed E-state index contributed by atoms with van der Waals surface area (Å²) < 4.78 is 7.23. The molecule has 2 rings (SSSR count). The van der Waals surface area contributed by atoms with Gasteiger partial charge in [-0.2, -0.15) is 0 Å². The first kappa shape index (κ1) is 20.4. The standard InChI is InChI=1S/C17H29Cl2N5O/c1-3-20-17(22-13-14-12-15(18)16(19)23(14)2)21-6-4-5-7-24-8-10-25-11-9-24/h12H,3-11,13H2,1-2H3,(H2,20,21,22). The molecule has 25 heavy (non-hydrogen) atoms. The van der Waals surface area contributed by atoms with Crippen molar-refractivity contribution < 1.29 is 4.74 Å². The molecule has 2 N–H and O–H groups in total. The van der Waals surface area contributed by atoms with E-state index in [0.717, 1.165) is 64.0 Å². The maximum absolute atomic E-state index is 6.10. The molecule has 0 aliphatic carbocycles. The van der Waals surface area contributed by atoms with Gasteiger partial charge in [0.05, 0.1) is 24.8 Å². The summed E-state index contributed by atoms with van der Waals surface area (Å²) >= 11 is 12.1. The van der Waals surface area contributed by atoms with E-state index in [4.69, 9.17) is 27.9 Å². The molecule has 1 aromatic rings. The Labute approximate surface area is 160 Å². The predicted octanol–water partition coefficient (Wildman–Crippen LogP) is 2.50. The Bertz CT molecular complexity index is 555. The van der Waals surface area contributed by atoms with Crippen LogP contribution in [-0.4, -0.2) is 61.4 Å². The lowest BCUT2D eigenvalue weighted by Gasteiger charge is -2.26. The monoisotopic (exact) mass is 389 g/mol. The highest BCUT2D eigenvalue weighted by Crippen LogP contribution is 2.25. The third-order valence-electron chi connectivity index (χ3n) is 4.26. The largest absolute Gasteiger partial charge is 0.379 e. The van der Waals surface area contributed by atoms with Gasteiger partial charge in [-0.1, -0.05) is 23.2 Å². The SMILES string of the molecule is CCNC(=NCc1cc(Cl)c(Cl)n1C)NCCCCN1CCOCC1. The number of halogens is 2. The number of guanidine groups is 1. The molecule has 1 aliphatic rings. The quantitative estimate of drug-likeness (QED) is 0.407. The first-order valence-corrected chi connectivity index (χ1v) is 9.69. The van der Waals surface area contributed by atoms with Gasteiger partial charge in [0.15, 0.2) is 5.96 Å².